The number of aromatic nitrogens is 2. The van der Waals surface area contributed by atoms with Crippen molar-refractivity contribution in [1.29, 1.82) is 0 Å². The van der Waals surface area contributed by atoms with Crippen LogP contribution in [0.1, 0.15) is 24.2 Å². The molecule has 10 heteroatoms. The van der Waals surface area contributed by atoms with Gasteiger partial charge in [-0.3, -0.25) is 0 Å². The third-order valence-electron chi connectivity index (χ3n) is 3.22. The monoisotopic (exact) mass is 379 g/mol. The van der Waals surface area contributed by atoms with E-state index in [1.165, 1.54) is 18.5 Å². The second kappa shape index (κ2) is 8.19. The third kappa shape index (κ3) is 5.09. The Morgan fingerprint density at radius 3 is 2.32 bits per heavy atom. The highest BCUT2D eigenvalue weighted by atomic mass is 35.5. The molecule has 0 amide bonds. The number of aryl methyl sites for hydroxylation is 1. The first-order valence-corrected chi connectivity index (χ1v) is 7.43. The van der Waals surface area contributed by atoms with Crippen LogP contribution in [0.2, 0.25) is 5.02 Å². The highest BCUT2D eigenvalue weighted by molar-refractivity contribution is 6.33. The van der Waals surface area contributed by atoms with Gasteiger partial charge in [0.15, 0.2) is 11.5 Å². The van der Waals surface area contributed by atoms with E-state index in [9.17, 15) is 17.6 Å². The number of hydrogen-bond acceptors (Lipinski definition) is 5. The molecular weight excluding hydrogens is 366 g/mol. The maximum absolute atomic E-state index is 12.5. The topological polar surface area (TPSA) is 56.3 Å². The Labute approximate surface area is 145 Å². The Kier molecular flexibility index (Phi) is 6.24. The van der Waals surface area contributed by atoms with Gasteiger partial charge >= 0.3 is 13.2 Å². The smallest absolute Gasteiger partial charge is 0.387 e. The number of anilines is 1. The van der Waals surface area contributed by atoms with E-state index in [1.54, 1.807) is 13.8 Å². The van der Waals surface area contributed by atoms with Crippen LogP contribution in [0.25, 0.3) is 0 Å². The molecule has 0 spiro atoms. The average molecular weight is 380 g/mol. The van der Waals surface area contributed by atoms with Gasteiger partial charge in [0.1, 0.15) is 17.2 Å². The molecule has 0 radical (unpaired) electrons. The van der Waals surface area contributed by atoms with E-state index in [1.807, 2.05) is 0 Å². The summed E-state index contributed by atoms with van der Waals surface area (Å²) in [6.45, 7) is -2.94. The van der Waals surface area contributed by atoms with E-state index >= 15 is 0 Å². The maximum atomic E-state index is 12.5. The van der Waals surface area contributed by atoms with Crippen molar-refractivity contribution in [1.82, 2.24) is 9.97 Å². The second-order valence-corrected chi connectivity index (χ2v) is 5.33. The van der Waals surface area contributed by atoms with Crippen molar-refractivity contribution < 1.29 is 27.0 Å². The maximum Gasteiger partial charge on any atom is 0.387 e. The number of benzene rings is 1. The van der Waals surface area contributed by atoms with Crippen molar-refractivity contribution in [3.63, 3.8) is 0 Å². The van der Waals surface area contributed by atoms with Gasteiger partial charge in [0.2, 0.25) is 0 Å². The summed E-state index contributed by atoms with van der Waals surface area (Å²) in [5, 5.41) is 3.31. The molecule has 0 aliphatic carbocycles. The minimum atomic E-state index is -3.18. The SMILES string of the molecule is Cc1ncnc(NC(C)c2ccc(OC(F)F)c(OC(F)F)c2)c1Cl. The molecule has 0 aliphatic rings. The molecule has 0 saturated heterocycles. The molecule has 0 aliphatic heterocycles. The normalized spacial score (nSPS) is 12.4. The Balaban J connectivity index is 2.26. The van der Waals surface area contributed by atoms with E-state index in [-0.39, 0.29) is 0 Å². The third-order valence-corrected chi connectivity index (χ3v) is 3.67. The zero-order valence-corrected chi connectivity index (χ0v) is 13.9. The molecule has 0 fully saturated rings. The predicted molar refractivity (Wildman–Crippen MR) is 83.5 cm³/mol. The van der Waals surface area contributed by atoms with Crippen molar-refractivity contribution in [3.05, 3.63) is 40.8 Å². The number of ether oxygens (including phenoxy) is 2. The highest BCUT2D eigenvalue weighted by Gasteiger charge is 2.18. The lowest BCUT2D eigenvalue weighted by atomic mass is 10.1. The molecule has 1 unspecified atom stereocenters. The Morgan fingerprint density at radius 2 is 1.68 bits per heavy atom. The minimum Gasteiger partial charge on any atom is -0.431 e. The van der Waals surface area contributed by atoms with Crippen LogP contribution in [0.3, 0.4) is 0 Å². The van der Waals surface area contributed by atoms with Gasteiger partial charge in [-0.25, -0.2) is 9.97 Å². The molecule has 136 valence electrons. The molecule has 2 aromatic rings. The van der Waals surface area contributed by atoms with Crippen LogP contribution in [0.4, 0.5) is 23.4 Å². The molecular formula is C15H14ClF4N3O2. The lowest BCUT2D eigenvalue weighted by Gasteiger charge is -2.18. The van der Waals surface area contributed by atoms with Crippen molar-refractivity contribution in [2.24, 2.45) is 0 Å². The number of hydrogen-bond donors (Lipinski definition) is 1. The fraction of sp³-hybridized carbons (Fsp3) is 0.333. The number of nitrogens with one attached hydrogen (secondary N) is 1. The average Bonchev–Trinajstić information content (AvgIpc) is 2.52. The lowest BCUT2D eigenvalue weighted by molar-refractivity contribution is -0.0692. The highest BCUT2D eigenvalue weighted by Crippen LogP contribution is 2.34. The summed E-state index contributed by atoms with van der Waals surface area (Å²) >= 11 is 6.09. The van der Waals surface area contributed by atoms with Gasteiger partial charge in [-0.15, -0.1) is 0 Å². The van der Waals surface area contributed by atoms with Crippen LogP contribution in [-0.2, 0) is 0 Å². The molecule has 1 heterocycles. The summed E-state index contributed by atoms with van der Waals surface area (Å²) in [5.74, 6) is -0.625. The molecule has 1 N–H and O–H groups in total. The van der Waals surface area contributed by atoms with Gasteiger partial charge in [0.05, 0.1) is 11.7 Å². The van der Waals surface area contributed by atoms with E-state index in [4.69, 9.17) is 11.6 Å². The molecule has 5 nitrogen and oxygen atoms in total. The number of halogens is 5. The van der Waals surface area contributed by atoms with Crippen molar-refractivity contribution in [2.75, 3.05) is 5.32 Å². The molecule has 0 saturated carbocycles. The first-order chi connectivity index (χ1) is 11.8. The number of rotatable bonds is 7. The van der Waals surface area contributed by atoms with Crippen LogP contribution in [0, 0.1) is 6.92 Å². The van der Waals surface area contributed by atoms with E-state index in [0.717, 1.165) is 6.07 Å². The van der Waals surface area contributed by atoms with Crippen LogP contribution >= 0.6 is 11.6 Å². The first-order valence-electron chi connectivity index (χ1n) is 7.05. The fourth-order valence-electron chi connectivity index (χ4n) is 2.02. The Bertz CT molecular complexity index is 734. The standard InChI is InChI=1S/C15H14ClF4N3O2/c1-7(23-13-12(16)8(2)21-6-22-13)9-3-4-10(24-14(17)18)11(5-9)25-15(19)20/h3-7,14-15H,1-2H3,(H,21,22,23). The molecule has 0 bridgehead atoms. The summed E-state index contributed by atoms with van der Waals surface area (Å²) in [7, 11) is 0. The number of nitrogens with zero attached hydrogens (tertiary/aromatic N) is 2. The van der Waals surface area contributed by atoms with Crippen LogP contribution in [0.5, 0.6) is 11.5 Å². The number of alkyl halides is 4. The zero-order chi connectivity index (χ0) is 18.6. The van der Waals surface area contributed by atoms with Gasteiger partial charge in [-0.2, -0.15) is 17.6 Å². The minimum absolute atomic E-state index is 0.316. The first kappa shape index (κ1) is 19.0. The summed E-state index contributed by atoms with van der Waals surface area (Å²) < 4.78 is 58.2. The zero-order valence-electron chi connectivity index (χ0n) is 13.1. The van der Waals surface area contributed by atoms with Crippen molar-refractivity contribution >= 4 is 17.4 Å². The van der Waals surface area contributed by atoms with Crippen molar-refractivity contribution in [3.8, 4) is 11.5 Å². The summed E-state index contributed by atoms with van der Waals surface area (Å²) in [6, 6.07) is 3.32. The largest absolute Gasteiger partial charge is 0.431 e. The molecule has 1 aromatic heterocycles. The van der Waals surface area contributed by atoms with E-state index in [0.29, 0.717) is 22.1 Å². The van der Waals surface area contributed by atoms with Crippen LogP contribution in [0.15, 0.2) is 24.5 Å². The molecule has 2 rings (SSSR count). The Hall–Kier alpha value is -2.29. The van der Waals surface area contributed by atoms with Crippen LogP contribution in [-0.4, -0.2) is 23.2 Å². The van der Waals surface area contributed by atoms with Gasteiger partial charge in [0, 0.05) is 0 Å². The predicted octanol–water partition coefficient (Wildman–Crippen LogP) is 4.81. The van der Waals surface area contributed by atoms with E-state index in [2.05, 4.69) is 24.8 Å². The quantitative estimate of drug-likeness (QED) is 0.699. The summed E-state index contributed by atoms with van der Waals surface area (Å²) in [4.78, 5) is 7.93. The van der Waals surface area contributed by atoms with Gasteiger partial charge in [-0.1, -0.05) is 17.7 Å². The van der Waals surface area contributed by atoms with Crippen LogP contribution < -0.4 is 14.8 Å². The summed E-state index contributed by atoms with van der Waals surface area (Å²) in [6.07, 6.45) is 1.32. The second-order valence-electron chi connectivity index (χ2n) is 4.95. The lowest BCUT2D eigenvalue weighted by Crippen LogP contribution is -2.11. The Morgan fingerprint density at radius 1 is 1.04 bits per heavy atom. The molecule has 1 atom stereocenters. The summed E-state index contributed by atoms with van der Waals surface area (Å²) in [5.41, 5.74) is 1.04. The molecule has 1 aromatic carbocycles. The van der Waals surface area contributed by atoms with Gasteiger partial charge in [-0.05, 0) is 31.5 Å². The van der Waals surface area contributed by atoms with Crippen molar-refractivity contribution in [2.45, 2.75) is 33.1 Å². The molecule has 25 heavy (non-hydrogen) atoms. The van der Waals surface area contributed by atoms with Gasteiger partial charge < -0.3 is 14.8 Å². The van der Waals surface area contributed by atoms with E-state index < -0.39 is 30.8 Å². The fourth-order valence-corrected chi connectivity index (χ4v) is 2.17. The van der Waals surface area contributed by atoms with Gasteiger partial charge in [0.25, 0.3) is 0 Å².